The van der Waals surface area contributed by atoms with Gasteiger partial charge in [0.25, 0.3) is 5.56 Å². The highest BCUT2D eigenvalue weighted by Crippen LogP contribution is 2.16. The maximum absolute atomic E-state index is 11.8. The summed E-state index contributed by atoms with van der Waals surface area (Å²) in [5.74, 6) is 0.551. The van der Waals surface area contributed by atoms with Crippen LogP contribution in [0, 0.1) is 6.92 Å². The fourth-order valence-electron chi connectivity index (χ4n) is 1.75. The Bertz CT molecular complexity index is 714. The number of nitrogens with zero attached hydrogens (tertiary/aromatic N) is 1. The molecule has 1 aromatic carbocycles. The van der Waals surface area contributed by atoms with Crippen molar-refractivity contribution in [3.8, 4) is 0 Å². The summed E-state index contributed by atoms with van der Waals surface area (Å²) < 4.78 is 5.15. The Balaban J connectivity index is 2.29. The Morgan fingerprint density at radius 2 is 2.05 bits per heavy atom. The second kappa shape index (κ2) is 4.96. The lowest BCUT2D eigenvalue weighted by Crippen LogP contribution is -2.27. The van der Waals surface area contributed by atoms with Gasteiger partial charge in [-0.25, -0.2) is 9.78 Å². The minimum Gasteiger partial charge on any atom is -0.444 e. The number of aromatic amines is 1. The first-order valence-electron chi connectivity index (χ1n) is 6.25. The average Bonchev–Trinajstić information content (AvgIpc) is 2.27. The molecule has 0 radical (unpaired) electrons. The molecule has 0 atom stereocenters. The van der Waals surface area contributed by atoms with Crippen molar-refractivity contribution < 1.29 is 9.53 Å². The number of hydrogen-bond donors (Lipinski definition) is 2. The summed E-state index contributed by atoms with van der Waals surface area (Å²) in [7, 11) is 0. The average molecular weight is 275 g/mol. The van der Waals surface area contributed by atoms with Gasteiger partial charge in [0.2, 0.25) is 0 Å². The van der Waals surface area contributed by atoms with Gasteiger partial charge >= 0.3 is 6.09 Å². The molecular weight excluding hydrogens is 258 g/mol. The molecule has 0 bridgehead atoms. The predicted octanol–water partition coefficient (Wildman–Crippen LogP) is 2.58. The summed E-state index contributed by atoms with van der Waals surface area (Å²) in [6.45, 7) is 7.06. The largest absolute Gasteiger partial charge is 0.444 e. The molecule has 0 saturated carbocycles. The summed E-state index contributed by atoms with van der Waals surface area (Å²) in [6.07, 6.45) is -0.562. The van der Waals surface area contributed by atoms with Crippen LogP contribution in [0.5, 0.6) is 0 Å². The van der Waals surface area contributed by atoms with E-state index in [1.165, 1.54) is 0 Å². The van der Waals surface area contributed by atoms with Crippen LogP contribution in [0.25, 0.3) is 10.9 Å². The van der Waals surface area contributed by atoms with E-state index in [2.05, 4.69) is 15.3 Å². The number of fused-ring (bicyclic) bond motifs is 1. The van der Waals surface area contributed by atoms with Crippen molar-refractivity contribution in [2.24, 2.45) is 0 Å². The number of carbonyl (C=O) groups is 1. The number of aryl methyl sites for hydroxylation is 1. The van der Waals surface area contributed by atoms with Gasteiger partial charge in [-0.3, -0.25) is 10.1 Å². The Morgan fingerprint density at radius 3 is 2.70 bits per heavy atom. The monoisotopic (exact) mass is 275 g/mol. The number of carbonyl (C=O) groups excluding carboxylic acids is 1. The highest BCUT2D eigenvalue weighted by Gasteiger charge is 2.16. The molecule has 106 valence electrons. The molecule has 0 saturated heterocycles. The van der Waals surface area contributed by atoms with E-state index in [0.717, 1.165) is 0 Å². The molecule has 20 heavy (non-hydrogen) atoms. The van der Waals surface area contributed by atoms with Crippen LogP contribution in [-0.4, -0.2) is 21.7 Å². The third kappa shape index (κ3) is 3.34. The van der Waals surface area contributed by atoms with Crippen LogP contribution in [0.15, 0.2) is 23.0 Å². The van der Waals surface area contributed by atoms with Gasteiger partial charge in [0.15, 0.2) is 0 Å². The molecule has 0 fully saturated rings. The van der Waals surface area contributed by atoms with Gasteiger partial charge in [-0.1, -0.05) is 0 Å². The first-order valence-corrected chi connectivity index (χ1v) is 6.25. The SMILES string of the molecule is Cc1nc2ccc(NC(=O)OC(C)(C)C)cc2c(=O)[nH]1. The molecule has 0 aliphatic carbocycles. The lowest BCUT2D eigenvalue weighted by atomic mass is 10.2. The maximum atomic E-state index is 11.8. The topological polar surface area (TPSA) is 84.1 Å². The summed E-state index contributed by atoms with van der Waals surface area (Å²) in [5.41, 5.74) is 0.265. The second-order valence-electron chi connectivity index (χ2n) is 5.51. The number of anilines is 1. The van der Waals surface area contributed by atoms with Crippen molar-refractivity contribution in [3.05, 3.63) is 34.4 Å². The molecule has 0 spiro atoms. The highest BCUT2D eigenvalue weighted by molar-refractivity contribution is 5.89. The van der Waals surface area contributed by atoms with E-state index in [4.69, 9.17) is 4.74 Å². The zero-order chi connectivity index (χ0) is 14.9. The van der Waals surface area contributed by atoms with Crippen molar-refractivity contribution in [1.29, 1.82) is 0 Å². The number of hydrogen-bond acceptors (Lipinski definition) is 4. The van der Waals surface area contributed by atoms with Gasteiger partial charge in [0.05, 0.1) is 10.9 Å². The van der Waals surface area contributed by atoms with E-state index < -0.39 is 11.7 Å². The quantitative estimate of drug-likeness (QED) is 0.837. The fourth-order valence-corrected chi connectivity index (χ4v) is 1.75. The molecule has 1 heterocycles. The van der Waals surface area contributed by atoms with Crippen LogP contribution in [0.1, 0.15) is 26.6 Å². The van der Waals surface area contributed by atoms with Crippen molar-refractivity contribution in [1.82, 2.24) is 9.97 Å². The smallest absolute Gasteiger partial charge is 0.412 e. The number of amides is 1. The number of ether oxygens (including phenoxy) is 1. The summed E-state index contributed by atoms with van der Waals surface area (Å²) in [4.78, 5) is 30.3. The molecule has 0 aliphatic rings. The zero-order valence-corrected chi connectivity index (χ0v) is 11.9. The van der Waals surface area contributed by atoms with Crippen LogP contribution >= 0.6 is 0 Å². The van der Waals surface area contributed by atoms with E-state index in [0.29, 0.717) is 22.4 Å². The van der Waals surface area contributed by atoms with Crippen molar-refractivity contribution >= 4 is 22.7 Å². The predicted molar refractivity (Wildman–Crippen MR) is 77.0 cm³/mol. The van der Waals surface area contributed by atoms with Crippen molar-refractivity contribution in [2.45, 2.75) is 33.3 Å². The normalized spacial score (nSPS) is 11.4. The van der Waals surface area contributed by atoms with E-state index in [-0.39, 0.29) is 5.56 Å². The molecule has 2 aromatic rings. The van der Waals surface area contributed by atoms with Gasteiger partial charge in [0.1, 0.15) is 11.4 Å². The molecule has 0 aliphatic heterocycles. The highest BCUT2D eigenvalue weighted by atomic mass is 16.6. The van der Waals surface area contributed by atoms with Gasteiger partial charge in [-0.05, 0) is 45.9 Å². The third-order valence-electron chi connectivity index (χ3n) is 2.47. The summed E-state index contributed by atoms with van der Waals surface area (Å²) >= 11 is 0. The molecule has 0 unspecified atom stereocenters. The Hall–Kier alpha value is -2.37. The molecule has 1 amide bonds. The van der Waals surface area contributed by atoms with Gasteiger partial charge in [0, 0.05) is 5.69 Å². The minimum atomic E-state index is -0.572. The molecule has 2 N–H and O–H groups in total. The summed E-state index contributed by atoms with van der Waals surface area (Å²) in [5, 5.41) is 3.01. The molecule has 6 heteroatoms. The van der Waals surface area contributed by atoms with Gasteiger partial charge in [-0.2, -0.15) is 0 Å². The van der Waals surface area contributed by atoms with E-state index in [1.807, 2.05) is 0 Å². The van der Waals surface area contributed by atoms with E-state index >= 15 is 0 Å². The minimum absolute atomic E-state index is 0.236. The Kier molecular flexibility index (Phi) is 3.48. The van der Waals surface area contributed by atoms with Crippen LogP contribution in [0.2, 0.25) is 0 Å². The number of aromatic nitrogens is 2. The zero-order valence-electron chi connectivity index (χ0n) is 11.9. The van der Waals surface area contributed by atoms with Crippen LogP contribution in [-0.2, 0) is 4.74 Å². The first-order chi connectivity index (χ1) is 9.24. The molecule has 2 rings (SSSR count). The van der Waals surface area contributed by atoms with Crippen molar-refractivity contribution in [2.75, 3.05) is 5.32 Å². The lowest BCUT2D eigenvalue weighted by Gasteiger charge is -2.19. The van der Waals surface area contributed by atoms with Crippen LogP contribution in [0.3, 0.4) is 0 Å². The Morgan fingerprint density at radius 1 is 1.35 bits per heavy atom. The van der Waals surface area contributed by atoms with Crippen LogP contribution < -0.4 is 10.9 Å². The number of nitrogens with one attached hydrogen (secondary N) is 2. The third-order valence-corrected chi connectivity index (χ3v) is 2.47. The standard InChI is InChI=1S/C14H17N3O3/c1-8-15-11-6-5-9(7-10(11)12(18)16-8)17-13(19)20-14(2,3)4/h5-7H,1-4H3,(H,17,19)(H,15,16,18). The van der Waals surface area contributed by atoms with Gasteiger partial charge in [-0.15, -0.1) is 0 Å². The summed E-state index contributed by atoms with van der Waals surface area (Å²) in [6, 6.07) is 4.94. The van der Waals surface area contributed by atoms with E-state index in [9.17, 15) is 9.59 Å². The lowest BCUT2D eigenvalue weighted by molar-refractivity contribution is 0.0636. The van der Waals surface area contributed by atoms with E-state index in [1.54, 1.807) is 45.9 Å². The van der Waals surface area contributed by atoms with Crippen LogP contribution in [0.4, 0.5) is 10.5 Å². The molecule has 1 aromatic heterocycles. The second-order valence-corrected chi connectivity index (χ2v) is 5.51. The number of H-pyrrole nitrogens is 1. The molecular formula is C14H17N3O3. The number of benzene rings is 1. The molecule has 6 nitrogen and oxygen atoms in total. The number of rotatable bonds is 1. The fraction of sp³-hybridized carbons (Fsp3) is 0.357. The Labute approximate surface area is 116 Å². The first kappa shape index (κ1) is 14.0. The van der Waals surface area contributed by atoms with Gasteiger partial charge < -0.3 is 9.72 Å². The van der Waals surface area contributed by atoms with Crippen molar-refractivity contribution in [3.63, 3.8) is 0 Å². The maximum Gasteiger partial charge on any atom is 0.412 e.